The Morgan fingerprint density at radius 2 is 0.800 bits per heavy atom. The van der Waals surface area contributed by atoms with Crippen LogP contribution >= 0.6 is 0 Å². The van der Waals surface area contributed by atoms with Crippen LogP contribution in [0.5, 0.6) is 0 Å². The molecule has 1 N–H and O–H groups in total. The Morgan fingerprint density at radius 1 is 0.467 bits per heavy atom. The summed E-state index contributed by atoms with van der Waals surface area (Å²) in [4.78, 5) is 23.4. The van der Waals surface area contributed by atoms with Crippen LogP contribution in [0.3, 0.4) is 0 Å². The molecule has 0 spiro atoms. The van der Waals surface area contributed by atoms with Crippen molar-refractivity contribution in [3.8, 4) is 0 Å². The normalized spacial score (nSPS) is 12.2. The Balaban J connectivity index is 3.72. The third-order valence-electron chi connectivity index (χ3n) is 9.24. The van der Waals surface area contributed by atoms with Crippen molar-refractivity contribution < 1.29 is 19.4 Å². The molecule has 0 aliphatic heterocycles. The highest BCUT2D eigenvalue weighted by Gasteiger charge is 2.14. The molecule has 1 atom stereocenters. The van der Waals surface area contributed by atoms with Gasteiger partial charge in [0.05, 0.1) is 0 Å². The summed E-state index contributed by atoms with van der Waals surface area (Å²) in [5.41, 5.74) is 0. The van der Waals surface area contributed by atoms with E-state index in [4.69, 9.17) is 9.84 Å². The molecule has 0 rings (SSSR count). The number of aliphatic carboxylic acids is 1. The Hall–Kier alpha value is -1.32. The Bertz CT molecular complexity index is 643. The number of carbonyl (C=O) groups is 2. The number of hydrogen-bond donors (Lipinski definition) is 1. The number of unbranched alkanes of at least 4 members (excludes halogenated alkanes) is 26. The van der Waals surface area contributed by atoms with E-state index in [1.807, 2.05) is 0 Å². The van der Waals surface area contributed by atoms with E-state index in [0.29, 0.717) is 12.8 Å². The van der Waals surface area contributed by atoms with Crippen molar-refractivity contribution in [1.29, 1.82) is 0 Å². The van der Waals surface area contributed by atoms with Gasteiger partial charge in [0.1, 0.15) is 6.10 Å². The minimum absolute atomic E-state index is 0.0396. The van der Waals surface area contributed by atoms with Gasteiger partial charge in [0.2, 0.25) is 0 Å². The zero-order valence-electron chi connectivity index (χ0n) is 30.4. The molecular weight excluding hydrogens is 556 g/mol. The van der Waals surface area contributed by atoms with Crippen molar-refractivity contribution in [3.63, 3.8) is 0 Å². The predicted octanol–water partition coefficient (Wildman–Crippen LogP) is 13.8. The standard InChI is InChI=1S/C41H78O4/c1-3-5-7-9-11-13-14-15-16-17-18-19-20-21-22-23-24-26-28-30-32-38-41(44)45-39(36-33-34-37-40(42)43)35-31-29-27-25-12-10-8-6-4-2/h15-16,39H,3-14,17-38H2,1-2H3,(H,42,43)/b16-15-. The van der Waals surface area contributed by atoms with Crippen LogP contribution < -0.4 is 0 Å². The molecule has 266 valence electrons. The average molecular weight is 635 g/mol. The predicted molar refractivity (Wildman–Crippen MR) is 195 cm³/mol. The minimum Gasteiger partial charge on any atom is -0.481 e. The molecule has 0 saturated carbocycles. The van der Waals surface area contributed by atoms with E-state index in [2.05, 4.69) is 26.0 Å². The Morgan fingerprint density at radius 3 is 1.22 bits per heavy atom. The SMILES string of the molecule is CCCCCCCC/C=C\CCCCCCCCCCCCCC(=O)OC(CCCCCCCCCCC)CCCCC(=O)O. The second-order valence-electron chi connectivity index (χ2n) is 13.8. The molecule has 0 aliphatic rings. The summed E-state index contributed by atoms with van der Waals surface area (Å²) in [6.45, 7) is 4.54. The molecule has 1 unspecified atom stereocenters. The molecule has 0 aromatic rings. The fraction of sp³-hybridized carbons (Fsp3) is 0.902. The summed E-state index contributed by atoms with van der Waals surface area (Å²) in [6.07, 6.45) is 45.2. The molecule has 0 aromatic heterocycles. The Labute approximate surface area is 281 Å². The molecule has 0 aliphatic carbocycles. The van der Waals surface area contributed by atoms with Crippen LogP contribution in [0.4, 0.5) is 0 Å². The van der Waals surface area contributed by atoms with Crippen molar-refractivity contribution in [1.82, 2.24) is 0 Å². The highest BCUT2D eigenvalue weighted by Crippen LogP contribution is 2.18. The zero-order valence-corrected chi connectivity index (χ0v) is 30.4. The summed E-state index contributed by atoms with van der Waals surface area (Å²) in [6, 6.07) is 0. The lowest BCUT2D eigenvalue weighted by Gasteiger charge is -2.18. The Kier molecular flexibility index (Phi) is 36.1. The molecule has 0 amide bonds. The lowest BCUT2D eigenvalue weighted by Crippen LogP contribution is -2.18. The molecule has 4 heteroatoms. The van der Waals surface area contributed by atoms with E-state index in [1.165, 1.54) is 161 Å². The average Bonchev–Trinajstić information content (AvgIpc) is 3.02. The first kappa shape index (κ1) is 43.7. The first-order valence-electron chi connectivity index (χ1n) is 20.2. The topological polar surface area (TPSA) is 63.6 Å². The van der Waals surface area contributed by atoms with Crippen LogP contribution in [-0.2, 0) is 14.3 Å². The summed E-state index contributed by atoms with van der Waals surface area (Å²) in [5, 5.41) is 8.92. The second-order valence-corrected chi connectivity index (χ2v) is 13.8. The van der Waals surface area contributed by atoms with Gasteiger partial charge in [0.15, 0.2) is 0 Å². The largest absolute Gasteiger partial charge is 0.481 e. The highest BCUT2D eigenvalue weighted by atomic mass is 16.5. The highest BCUT2D eigenvalue weighted by molar-refractivity contribution is 5.69. The summed E-state index contributed by atoms with van der Waals surface area (Å²) in [7, 11) is 0. The maximum absolute atomic E-state index is 12.5. The summed E-state index contributed by atoms with van der Waals surface area (Å²) < 4.78 is 5.88. The summed E-state index contributed by atoms with van der Waals surface area (Å²) >= 11 is 0. The van der Waals surface area contributed by atoms with Gasteiger partial charge in [-0.15, -0.1) is 0 Å². The fourth-order valence-corrected chi connectivity index (χ4v) is 6.24. The van der Waals surface area contributed by atoms with Crippen LogP contribution in [0.2, 0.25) is 0 Å². The lowest BCUT2D eigenvalue weighted by atomic mass is 10.0. The van der Waals surface area contributed by atoms with E-state index >= 15 is 0 Å². The van der Waals surface area contributed by atoms with Crippen LogP contribution in [0.1, 0.15) is 232 Å². The fourth-order valence-electron chi connectivity index (χ4n) is 6.24. The summed E-state index contributed by atoms with van der Waals surface area (Å²) in [5.74, 6) is -0.794. The van der Waals surface area contributed by atoms with Gasteiger partial charge in [-0.1, -0.05) is 167 Å². The van der Waals surface area contributed by atoms with Crippen LogP contribution in [0.25, 0.3) is 0 Å². The molecule has 0 heterocycles. The quantitative estimate of drug-likeness (QED) is 0.0419. The van der Waals surface area contributed by atoms with Crippen molar-refractivity contribution >= 4 is 11.9 Å². The zero-order chi connectivity index (χ0) is 32.9. The van der Waals surface area contributed by atoms with E-state index in [1.54, 1.807) is 0 Å². The molecule has 0 fully saturated rings. The molecule has 0 aromatic carbocycles. The van der Waals surface area contributed by atoms with Gasteiger partial charge in [-0.3, -0.25) is 9.59 Å². The van der Waals surface area contributed by atoms with E-state index in [0.717, 1.165) is 38.5 Å². The number of allylic oxidation sites excluding steroid dienone is 2. The van der Waals surface area contributed by atoms with Gasteiger partial charge in [-0.2, -0.15) is 0 Å². The number of carboxylic acid groups (broad SMARTS) is 1. The van der Waals surface area contributed by atoms with Crippen LogP contribution in [-0.4, -0.2) is 23.1 Å². The molecule has 4 nitrogen and oxygen atoms in total. The van der Waals surface area contributed by atoms with Gasteiger partial charge >= 0.3 is 11.9 Å². The van der Waals surface area contributed by atoms with Crippen molar-refractivity contribution in [2.45, 2.75) is 238 Å². The smallest absolute Gasteiger partial charge is 0.306 e. The molecule has 45 heavy (non-hydrogen) atoms. The first-order chi connectivity index (χ1) is 22.1. The van der Waals surface area contributed by atoms with Crippen molar-refractivity contribution in [2.75, 3.05) is 0 Å². The van der Waals surface area contributed by atoms with Gasteiger partial charge in [0.25, 0.3) is 0 Å². The number of rotatable bonds is 37. The monoisotopic (exact) mass is 635 g/mol. The molecule has 0 bridgehead atoms. The van der Waals surface area contributed by atoms with E-state index in [-0.39, 0.29) is 18.5 Å². The number of hydrogen-bond acceptors (Lipinski definition) is 3. The number of esters is 1. The van der Waals surface area contributed by atoms with Gasteiger partial charge in [-0.25, -0.2) is 0 Å². The number of ether oxygens (including phenoxy) is 1. The third-order valence-corrected chi connectivity index (χ3v) is 9.24. The molecular formula is C41H78O4. The maximum atomic E-state index is 12.5. The molecule has 0 saturated heterocycles. The second kappa shape index (κ2) is 37.1. The number of carboxylic acids is 1. The lowest BCUT2D eigenvalue weighted by molar-refractivity contribution is -0.150. The molecule has 0 radical (unpaired) electrons. The third kappa shape index (κ3) is 37.0. The van der Waals surface area contributed by atoms with Gasteiger partial charge < -0.3 is 9.84 Å². The van der Waals surface area contributed by atoms with E-state index < -0.39 is 5.97 Å². The van der Waals surface area contributed by atoms with Gasteiger partial charge in [0, 0.05) is 12.8 Å². The first-order valence-corrected chi connectivity index (χ1v) is 20.2. The van der Waals surface area contributed by atoms with Gasteiger partial charge in [-0.05, 0) is 64.2 Å². The number of carbonyl (C=O) groups excluding carboxylic acids is 1. The van der Waals surface area contributed by atoms with Crippen molar-refractivity contribution in [2.24, 2.45) is 0 Å². The minimum atomic E-state index is -0.741. The van der Waals surface area contributed by atoms with Crippen LogP contribution in [0.15, 0.2) is 12.2 Å². The van der Waals surface area contributed by atoms with E-state index in [9.17, 15) is 9.59 Å². The van der Waals surface area contributed by atoms with Crippen LogP contribution in [0, 0.1) is 0 Å². The maximum Gasteiger partial charge on any atom is 0.306 e. The van der Waals surface area contributed by atoms with Crippen molar-refractivity contribution in [3.05, 3.63) is 12.2 Å².